The molecule has 2 nitrogen and oxygen atoms in total. The molecular formula is C9H7Cl2NOS. The van der Waals surface area contributed by atoms with E-state index in [-0.39, 0.29) is 5.91 Å². The third kappa shape index (κ3) is 1.85. The lowest BCUT2D eigenvalue weighted by Gasteiger charge is -2.06. The van der Waals surface area contributed by atoms with Crippen molar-refractivity contribution in [1.82, 2.24) is 5.32 Å². The van der Waals surface area contributed by atoms with E-state index in [2.05, 4.69) is 5.32 Å². The van der Waals surface area contributed by atoms with Crippen LogP contribution < -0.4 is 5.32 Å². The molecule has 0 bridgehead atoms. The van der Waals surface area contributed by atoms with E-state index >= 15 is 0 Å². The fourth-order valence-electron chi connectivity index (χ4n) is 1.29. The van der Waals surface area contributed by atoms with E-state index in [9.17, 15) is 4.79 Å². The Labute approximate surface area is 96.0 Å². The number of carbonyl (C=O) groups is 1. The van der Waals surface area contributed by atoms with E-state index in [1.54, 1.807) is 23.9 Å². The van der Waals surface area contributed by atoms with E-state index in [4.69, 9.17) is 23.2 Å². The summed E-state index contributed by atoms with van der Waals surface area (Å²) in [6.07, 6.45) is 0. The maximum atomic E-state index is 11.6. The number of halogens is 2. The van der Waals surface area contributed by atoms with Crippen LogP contribution in [0.3, 0.4) is 0 Å². The van der Waals surface area contributed by atoms with Crippen LogP contribution in [0.15, 0.2) is 17.0 Å². The molecule has 2 rings (SSSR count). The standard InChI is InChI=1S/C9H7Cl2NOS/c10-5-3-6-8(7(11)4-5)14-2-1-12-9(6)13/h3-4H,1-2H2,(H,12,13). The van der Waals surface area contributed by atoms with Crippen LogP contribution in [-0.4, -0.2) is 18.2 Å². The van der Waals surface area contributed by atoms with Gasteiger partial charge in [0.05, 0.1) is 10.6 Å². The van der Waals surface area contributed by atoms with Crippen molar-refractivity contribution in [2.45, 2.75) is 4.90 Å². The number of hydrogen-bond donors (Lipinski definition) is 1. The molecule has 74 valence electrons. The molecule has 14 heavy (non-hydrogen) atoms. The molecule has 0 unspecified atom stereocenters. The summed E-state index contributed by atoms with van der Waals surface area (Å²) < 4.78 is 0. The first-order valence-electron chi connectivity index (χ1n) is 4.08. The Hall–Kier alpha value is -0.380. The Balaban J connectivity index is 2.58. The van der Waals surface area contributed by atoms with Gasteiger partial charge in [-0.15, -0.1) is 11.8 Å². The number of nitrogens with one attached hydrogen (secondary N) is 1. The van der Waals surface area contributed by atoms with Crippen molar-refractivity contribution >= 4 is 40.9 Å². The van der Waals surface area contributed by atoms with Crippen LogP contribution in [0.5, 0.6) is 0 Å². The van der Waals surface area contributed by atoms with Crippen molar-refractivity contribution in [2.75, 3.05) is 12.3 Å². The van der Waals surface area contributed by atoms with Crippen molar-refractivity contribution in [2.24, 2.45) is 0 Å². The molecule has 1 amide bonds. The number of hydrogen-bond acceptors (Lipinski definition) is 2. The predicted octanol–water partition coefficient (Wildman–Crippen LogP) is 2.83. The fraction of sp³-hybridized carbons (Fsp3) is 0.222. The number of thioether (sulfide) groups is 1. The fourth-order valence-corrected chi connectivity index (χ4v) is 2.86. The molecule has 0 atom stereocenters. The minimum absolute atomic E-state index is 0.102. The summed E-state index contributed by atoms with van der Waals surface area (Å²) in [5, 5.41) is 3.82. The van der Waals surface area contributed by atoms with Gasteiger partial charge in [-0.25, -0.2) is 0 Å². The highest BCUT2D eigenvalue weighted by molar-refractivity contribution is 7.99. The highest BCUT2D eigenvalue weighted by Gasteiger charge is 2.18. The minimum Gasteiger partial charge on any atom is -0.351 e. The topological polar surface area (TPSA) is 29.1 Å². The third-order valence-electron chi connectivity index (χ3n) is 1.89. The van der Waals surface area contributed by atoms with Crippen molar-refractivity contribution in [3.63, 3.8) is 0 Å². The highest BCUT2D eigenvalue weighted by atomic mass is 35.5. The van der Waals surface area contributed by atoms with Gasteiger partial charge in [-0.2, -0.15) is 0 Å². The second kappa shape index (κ2) is 4.01. The van der Waals surface area contributed by atoms with Crippen LogP contribution in [0, 0.1) is 0 Å². The van der Waals surface area contributed by atoms with Gasteiger partial charge in [0.2, 0.25) is 0 Å². The summed E-state index contributed by atoms with van der Waals surface area (Å²) in [6, 6.07) is 3.31. The van der Waals surface area contributed by atoms with Crippen molar-refractivity contribution < 1.29 is 4.79 Å². The lowest BCUT2D eigenvalue weighted by atomic mass is 10.2. The number of amides is 1. The van der Waals surface area contributed by atoms with Gasteiger partial charge in [0.25, 0.3) is 5.91 Å². The van der Waals surface area contributed by atoms with Gasteiger partial charge in [0.1, 0.15) is 0 Å². The average Bonchev–Trinajstić information content (AvgIpc) is 2.29. The molecule has 0 saturated carbocycles. The summed E-state index contributed by atoms with van der Waals surface area (Å²) >= 11 is 13.4. The lowest BCUT2D eigenvalue weighted by Crippen LogP contribution is -2.23. The Morgan fingerprint density at radius 1 is 1.36 bits per heavy atom. The summed E-state index contributed by atoms with van der Waals surface area (Å²) in [6.45, 7) is 0.659. The maximum absolute atomic E-state index is 11.6. The molecule has 0 saturated heterocycles. The number of rotatable bonds is 0. The summed E-state index contributed by atoms with van der Waals surface area (Å²) in [4.78, 5) is 12.4. The molecule has 0 aromatic heterocycles. The molecule has 0 fully saturated rings. The molecule has 5 heteroatoms. The molecule has 1 aromatic rings. The third-order valence-corrected chi connectivity index (χ3v) is 3.65. The zero-order valence-corrected chi connectivity index (χ0v) is 9.47. The zero-order valence-electron chi connectivity index (χ0n) is 7.14. The second-order valence-corrected chi connectivity index (χ2v) is 4.82. The van der Waals surface area contributed by atoms with Gasteiger partial charge in [-0.3, -0.25) is 4.79 Å². The predicted molar refractivity (Wildman–Crippen MR) is 59.5 cm³/mol. The van der Waals surface area contributed by atoms with Gasteiger partial charge in [0.15, 0.2) is 0 Å². The van der Waals surface area contributed by atoms with Crippen LogP contribution in [0.2, 0.25) is 10.0 Å². The molecule has 1 aliphatic rings. The van der Waals surface area contributed by atoms with Gasteiger partial charge in [-0.1, -0.05) is 23.2 Å². The molecule has 0 aliphatic carbocycles. The highest BCUT2D eigenvalue weighted by Crippen LogP contribution is 2.34. The van der Waals surface area contributed by atoms with Gasteiger partial charge < -0.3 is 5.32 Å². The van der Waals surface area contributed by atoms with Crippen molar-refractivity contribution in [3.05, 3.63) is 27.7 Å². The Bertz CT molecular complexity index is 395. The Kier molecular flexibility index (Phi) is 2.91. The Morgan fingerprint density at radius 3 is 2.93 bits per heavy atom. The van der Waals surface area contributed by atoms with Crippen LogP contribution >= 0.6 is 35.0 Å². The quantitative estimate of drug-likeness (QED) is 0.764. The number of fused-ring (bicyclic) bond motifs is 1. The molecule has 1 heterocycles. The summed E-state index contributed by atoms with van der Waals surface area (Å²) in [5.41, 5.74) is 0.574. The first kappa shape index (κ1) is 10.1. The molecule has 0 radical (unpaired) electrons. The number of carbonyl (C=O) groups excluding carboxylic acids is 1. The van der Waals surface area contributed by atoms with Crippen molar-refractivity contribution in [3.8, 4) is 0 Å². The van der Waals surface area contributed by atoms with Crippen LogP contribution in [-0.2, 0) is 0 Å². The Morgan fingerprint density at radius 2 is 2.14 bits per heavy atom. The van der Waals surface area contributed by atoms with Crippen LogP contribution in [0.25, 0.3) is 0 Å². The van der Waals surface area contributed by atoms with Crippen LogP contribution in [0.4, 0.5) is 0 Å². The first-order chi connectivity index (χ1) is 6.68. The second-order valence-electron chi connectivity index (χ2n) is 2.87. The van der Waals surface area contributed by atoms with E-state index in [1.165, 1.54) is 0 Å². The molecule has 1 aliphatic heterocycles. The molecule has 1 N–H and O–H groups in total. The van der Waals surface area contributed by atoms with Gasteiger partial charge in [-0.05, 0) is 12.1 Å². The summed E-state index contributed by atoms with van der Waals surface area (Å²) in [7, 11) is 0. The SMILES string of the molecule is O=C1NCCSc2c(Cl)cc(Cl)cc21. The van der Waals surface area contributed by atoms with Gasteiger partial charge in [0, 0.05) is 22.2 Å². The van der Waals surface area contributed by atoms with Gasteiger partial charge >= 0.3 is 0 Å². The van der Waals surface area contributed by atoms with E-state index < -0.39 is 0 Å². The van der Waals surface area contributed by atoms with E-state index in [0.717, 1.165) is 10.6 Å². The van der Waals surface area contributed by atoms with E-state index in [1.807, 2.05) is 0 Å². The average molecular weight is 248 g/mol. The van der Waals surface area contributed by atoms with E-state index in [0.29, 0.717) is 22.2 Å². The molecule has 0 spiro atoms. The number of benzene rings is 1. The largest absolute Gasteiger partial charge is 0.351 e. The molecular weight excluding hydrogens is 241 g/mol. The molecule has 1 aromatic carbocycles. The monoisotopic (exact) mass is 247 g/mol. The van der Waals surface area contributed by atoms with Crippen molar-refractivity contribution in [1.29, 1.82) is 0 Å². The smallest absolute Gasteiger partial charge is 0.252 e. The first-order valence-corrected chi connectivity index (χ1v) is 5.82. The lowest BCUT2D eigenvalue weighted by molar-refractivity contribution is 0.0954. The minimum atomic E-state index is -0.102. The normalized spacial score (nSPS) is 15.7. The summed E-state index contributed by atoms with van der Waals surface area (Å²) in [5.74, 6) is 0.731. The maximum Gasteiger partial charge on any atom is 0.252 e. The van der Waals surface area contributed by atoms with Crippen LogP contribution in [0.1, 0.15) is 10.4 Å². The zero-order chi connectivity index (χ0) is 10.1.